The second-order valence-corrected chi connectivity index (χ2v) is 7.72. The molecule has 0 bridgehead atoms. The van der Waals surface area contributed by atoms with Crippen LogP contribution in [0.2, 0.25) is 0 Å². The molecule has 1 aliphatic heterocycles. The van der Waals surface area contributed by atoms with Crippen molar-refractivity contribution in [1.29, 1.82) is 0 Å². The van der Waals surface area contributed by atoms with Gasteiger partial charge in [0, 0.05) is 37.1 Å². The van der Waals surface area contributed by atoms with Crippen LogP contribution in [0.5, 0.6) is 11.6 Å². The summed E-state index contributed by atoms with van der Waals surface area (Å²) in [6, 6.07) is 15.8. The van der Waals surface area contributed by atoms with E-state index in [1.807, 2.05) is 62.4 Å². The van der Waals surface area contributed by atoms with Crippen LogP contribution >= 0.6 is 0 Å². The summed E-state index contributed by atoms with van der Waals surface area (Å²) >= 11 is 0. The van der Waals surface area contributed by atoms with Gasteiger partial charge in [0.05, 0.1) is 0 Å². The van der Waals surface area contributed by atoms with Crippen molar-refractivity contribution in [3.63, 3.8) is 0 Å². The highest BCUT2D eigenvalue weighted by Crippen LogP contribution is 2.31. The SMILES string of the molecule is Cc1ccc(NC(=O)C2CCN(c3nccnc3Oc3cccc(C)c3)CC2)cc1. The highest BCUT2D eigenvalue weighted by molar-refractivity contribution is 5.92. The minimum Gasteiger partial charge on any atom is -0.436 e. The lowest BCUT2D eigenvalue weighted by Gasteiger charge is -2.32. The Balaban J connectivity index is 1.39. The monoisotopic (exact) mass is 402 g/mol. The van der Waals surface area contributed by atoms with Gasteiger partial charge in [0.2, 0.25) is 5.91 Å². The Bertz CT molecular complexity index is 1010. The van der Waals surface area contributed by atoms with E-state index >= 15 is 0 Å². The average molecular weight is 402 g/mol. The summed E-state index contributed by atoms with van der Waals surface area (Å²) in [5.41, 5.74) is 3.14. The fourth-order valence-electron chi connectivity index (χ4n) is 3.63. The van der Waals surface area contributed by atoms with E-state index in [-0.39, 0.29) is 11.8 Å². The van der Waals surface area contributed by atoms with Crippen LogP contribution in [0.1, 0.15) is 24.0 Å². The van der Waals surface area contributed by atoms with E-state index < -0.39 is 0 Å². The third-order valence-corrected chi connectivity index (χ3v) is 5.34. The number of piperidine rings is 1. The first kappa shape index (κ1) is 19.9. The summed E-state index contributed by atoms with van der Waals surface area (Å²) in [6.45, 7) is 5.52. The molecule has 1 aliphatic rings. The van der Waals surface area contributed by atoms with Gasteiger partial charge in [-0.1, -0.05) is 29.8 Å². The van der Waals surface area contributed by atoms with Gasteiger partial charge < -0.3 is 15.0 Å². The van der Waals surface area contributed by atoms with E-state index in [4.69, 9.17) is 4.74 Å². The van der Waals surface area contributed by atoms with Gasteiger partial charge in [-0.2, -0.15) is 0 Å². The van der Waals surface area contributed by atoms with Gasteiger partial charge in [0.15, 0.2) is 5.82 Å². The Morgan fingerprint density at radius 2 is 1.73 bits per heavy atom. The van der Waals surface area contributed by atoms with E-state index in [9.17, 15) is 4.79 Å². The Morgan fingerprint density at radius 1 is 1.00 bits per heavy atom. The first-order valence-corrected chi connectivity index (χ1v) is 10.3. The Kier molecular flexibility index (Phi) is 5.93. The smallest absolute Gasteiger partial charge is 0.263 e. The largest absolute Gasteiger partial charge is 0.436 e. The lowest BCUT2D eigenvalue weighted by Crippen LogP contribution is -2.38. The van der Waals surface area contributed by atoms with E-state index in [1.165, 1.54) is 5.56 Å². The maximum atomic E-state index is 12.7. The number of benzene rings is 2. The first-order chi connectivity index (χ1) is 14.6. The molecule has 1 amide bonds. The van der Waals surface area contributed by atoms with Crippen molar-refractivity contribution in [2.24, 2.45) is 5.92 Å². The van der Waals surface area contributed by atoms with Crippen molar-refractivity contribution in [2.45, 2.75) is 26.7 Å². The molecule has 0 aliphatic carbocycles. The van der Waals surface area contributed by atoms with Crippen molar-refractivity contribution in [1.82, 2.24) is 9.97 Å². The number of nitrogens with one attached hydrogen (secondary N) is 1. The lowest BCUT2D eigenvalue weighted by atomic mass is 9.96. The number of anilines is 2. The molecule has 6 heteroatoms. The van der Waals surface area contributed by atoms with Gasteiger partial charge in [0.1, 0.15) is 5.75 Å². The van der Waals surface area contributed by atoms with Crippen LogP contribution in [-0.4, -0.2) is 29.0 Å². The number of hydrogen-bond acceptors (Lipinski definition) is 5. The standard InChI is InChI=1S/C24H26N4O2/c1-17-6-8-20(9-7-17)27-23(29)19-10-14-28(15-11-19)22-24(26-13-12-25-22)30-21-5-3-4-18(2)16-21/h3-9,12-13,16,19H,10-11,14-15H2,1-2H3,(H,27,29). The molecule has 2 heterocycles. The highest BCUT2D eigenvalue weighted by Gasteiger charge is 2.27. The maximum Gasteiger partial charge on any atom is 0.263 e. The fourth-order valence-corrected chi connectivity index (χ4v) is 3.63. The number of carbonyl (C=O) groups excluding carboxylic acids is 1. The number of aryl methyl sites for hydroxylation is 2. The fraction of sp³-hybridized carbons (Fsp3) is 0.292. The predicted octanol–water partition coefficient (Wildman–Crippen LogP) is 4.74. The minimum atomic E-state index is -0.0136. The molecule has 154 valence electrons. The summed E-state index contributed by atoms with van der Waals surface area (Å²) in [5, 5.41) is 3.03. The topological polar surface area (TPSA) is 67.4 Å². The molecular formula is C24H26N4O2. The third-order valence-electron chi connectivity index (χ3n) is 5.34. The van der Waals surface area contributed by atoms with E-state index in [2.05, 4.69) is 20.2 Å². The molecule has 4 rings (SSSR count). The zero-order chi connectivity index (χ0) is 20.9. The summed E-state index contributed by atoms with van der Waals surface area (Å²) < 4.78 is 6.01. The number of rotatable bonds is 5. The van der Waals surface area contributed by atoms with Crippen LogP contribution in [0.25, 0.3) is 0 Å². The molecule has 0 unspecified atom stereocenters. The van der Waals surface area contributed by atoms with Gasteiger partial charge >= 0.3 is 0 Å². The number of amides is 1. The van der Waals surface area contributed by atoms with Crippen LogP contribution < -0.4 is 15.0 Å². The van der Waals surface area contributed by atoms with E-state index in [1.54, 1.807) is 12.4 Å². The third kappa shape index (κ3) is 4.76. The summed E-state index contributed by atoms with van der Waals surface area (Å²) in [4.78, 5) is 23.7. The van der Waals surface area contributed by atoms with Gasteiger partial charge in [-0.3, -0.25) is 4.79 Å². The number of ether oxygens (including phenoxy) is 1. The number of nitrogens with zero attached hydrogens (tertiary/aromatic N) is 3. The number of aromatic nitrogens is 2. The van der Waals surface area contributed by atoms with Gasteiger partial charge in [-0.15, -0.1) is 0 Å². The zero-order valence-electron chi connectivity index (χ0n) is 17.3. The second kappa shape index (κ2) is 8.95. The Hall–Kier alpha value is -3.41. The van der Waals surface area contributed by atoms with E-state index in [0.29, 0.717) is 5.88 Å². The summed E-state index contributed by atoms with van der Waals surface area (Å²) in [7, 11) is 0. The number of hydrogen-bond donors (Lipinski definition) is 1. The van der Waals surface area contributed by atoms with Gasteiger partial charge in [-0.05, 0) is 56.5 Å². The molecule has 2 aromatic carbocycles. The van der Waals surface area contributed by atoms with Crippen molar-refractivity contribution in [3.05, 3.63) is 72.1 Å². The van der Waals surface area contributed by atoms with Crippen molar-refractivity contribution in [2.75, 3.05) is 23.3 Å². The normalized spacial score (nSPS) is 14.4. The molecule has 6 nitrogen and oxygen atoms in total. The summed E-state index contributed by atoms with van der Waals surface area (Å²) in [6.07, 6.45) is 4.83. The minimum absolute atomic E-state index is 0.0136. The number of carbonyl (C=O) groups is 1. The molecule has 30 heavy (non-hydrogen) atoms. The highest BCUT2D eigenvalue weighted by atomic mass is 16.5. The molecule has 0 saturated carbocycles. The van der Waals surface area contributed by atoms with Crippen molar-refractivity contribution < 1.29 is 9.53 Å². The maximum absolute atomic E-state index is 12.7. The van der Waals surface area contributed by atoms with Crippen LogP contribution in [0, 0.1) is 19.8 Å². The van der Waals surface area contributed by atoms with Crippen molar-refractivity contribution in [3.8, 4) is 11.6 Å². The Morgan fingerprint density at radius 3 is 2.47 bits per heavy atom. The molecule has 0 radical (unpaired) electrons. The van der Waals surface area contributed by atoms with Crippen molar-refractivity contribution >= 4 is 17.4 Å². The molecule has 3 aromatic rings. The molecule has 0 spiro atoms. The Labute approximate surface area is 176 Å². The van der Waals surface area contributed by atoms with E-state index in [0.717, 1.165) is 48.7 Å². The molecule has 1 fully saturated rings. The molecule has 1 saturated heterocycles. The lowest BCUT2D eigenvalue weighted by molar-refractivity contribution is -0.120. The molecule has 0 atom stereocenters. The average Bonchev–Trinajstić information content (AvgIpc) is 2.76. The van der Waals surface area contributed by atoms with Crippen LogP contribution in [0.3, 0.4) is 0 Å². The van der Waals surface area contributed by atoms with Gasteiger partial charge in [-0.25, -0.2) is 9.97 Å². The quantitative estimate of drug-likeness (QED) is 0.668. The second-order valence-electron chi connectivity index (χ2n) is 7.72. The zero-order valence-corrected chi connectivity index (χ0v) is 17.3. The first-order valence-electron chi connectivity index (χ1n) is 10.3. The predicted molar refractivity (Wildman–Crippen MR) is 118 cm³/mol. The molecular weight excluding hydrogens is 376 g/mol. The van der Waals surface area contributed by atoms with Crippen LogP contribution in [-0.2, 0) is 4.79 Å². The summed E-state index contributed by atoms with van der Waals surface area (Å²) in [5.74, 6) is 2.01. The molecule has 1 aromatic heterocycles. The van der Waals surface area contributed by atoms with Crippen LogP contribution in [0.15, 0.2) is 60.9 Å². The van der Waals surface area contributed by atoms with Gasteiger partial charge in [0.25, 0.3) is 5.88 Å². The van der Waals surface area contributed by atoms with Crippen LogP contribution in [0.4, 0.5) is 11.5 Å². The molecule has 1 N–H and O–H groups in total.